The number of carbonyl (C=O) groups is 1. The first-order chi connectivity index (χ1) is 12.1. The maximum absolute atomic E-state index is 12.1. The van der Waals surface area contributed by atoms with Crippen molar-refractivity contribution in [2.75, 3.05) is 0 Å². The molecule has 3 nitrogen and oxygen atoms in total. The molecule has 2 aromatic carbocycles. The molecule has 0 N–H and O–H groups in total. The Morgan fingerprint density at radius 1 is 1.08 bits per heavy atom. The van der Waals surface area contributed by atoms with Gasteiger partial charge in [-0.3, -0.25) is 4.79 Å². The topological polar surface area (TPSA) is 39.4 Å². The van der Waals surface area contributed by atoms with Gasteiger partial charge in [0.1, 0.15) is 23.9 Å². The second-order valence-electron chi connectivity index (χ2n) is 5.59. The van der Waals surface area contributed by atoms with Crippen molar-refractivity contribution in [3.05, 3.63) is 94.4 Å². The molecule has 0 aliphatic rings. The average molecular weight is 353 g/mol. The lowest BCUT2D eigenvalue weighted by molar-refractivity contribution is 0.104. The van der Waals surface area contributed by atoms with E-state index in [1.165, 1.54) is 6.08 Å². The predicted molar refractivity (Wildman–Crippen MR) is 99.0 cm³/mol. The predicted octanol–water partition coefficient (Wildman–Crippen LogP) is 5.72. The van der Waals surface area contributed by atoms with Crippen LogP contribution in [-0.4, -0.2) is 5.78 Å². The summed E-state index contributed by atoms with van der Waals surface area (Å²) in [4.78, 5) is 12.1. The summed E-state index contributed by atoms with van der Waals surface area (Å²) in [7, 11) is 0. The third-order valence-electron chi connectivity index (χ3n) is 3.62. The fraction of sp³-hybridized carbons (Fsp3) is 0.0952. The van der Waals surface area contributed by atoms with Crippen LogP contribution in [0, 0.1) is 6.92 Å². The number of benzene rings is 2. The first-order valence-corrected chi connectivity index (χ1v) is 8.25. The van der Waals surface area contributed by atoms with Gasteiger partial charge in [-0.25, -0.2) is 0 Å². The van der Waals surface area contributed by atoms with Gasteiger partial charge in [-0.2, -0.15) is 0 Å². The highest BCUT2D eigenvalue weighted by atomic mass is 35.5. The number of halogens is 1. The van der Waals surface area contributed by atoms with Gasteiger partial charge in [-0.1, -0.05) is 53.6 Å². The summed E-state index contributed by atoms with van der Waals surface area (Å²) in [6, 6.07) is 18.3. The van der Waals surface area contributed by atoms with Crippen molar-refractivity contribution < 1.29 is 13.9 Å². The van der Waals surface area contributed by atoms with Crippen molar-refractivity contribution in [3.8, 4) is 5.75 Å². The van der Waals surface area contributed by atoms with Crippen LogP contribution < -0.4 is 4.74 Å². The van der Waals surface area contributed by atoms with E-state index >= 15 is 0 Å². The Bertz CT molecular complexity index is 892. The molecule has 0 radical (unpaired) electrons. The average Bonchev–Trinajstić information content (AvgIpc) is 3.07. The Kier molecular flexibility index (Phi) is 5.36. The van der Waals surface area contributed by atoms with Crippen LogP contribution in [0.4, 0.5) is 0 Å². The highest BCUT2D eigenvalue weighted by Crippen LogP contribution is 2.24. The van der Waals surface area contributed by atoms with E-state index in [-0.39, 0.29) is 12.4 Å². The molecule has 0 fully saturated rings. The maximum Gasteiger partial charge on any atom is 0.185 e. The van der Waals surface area contributed by atoms with Crippen LogP contribution >= 0.6 is 11.6 Å². The van der Waals surface area contributed by atoms with Gasteiger partial charge in [-0.05, 0) is 43.3 Å². The Labute approximate surface area is 151 Å². The lowest BCUT2D eigenvalue weighted by Gasteiger charge is -2.05. The van der Waals surface area contributed by atoms with E-state index in [0.717, 1.165) is 5.56 Å². The van der Waals surface area contributed by atoms with Crippen LogP contribution in [0.25, 0.3) is 6.08 Å². The van der Waals surface area contributed by atoms with Gasteiger partial charge in [-0.15, -0.1) is 0 Å². The zero-order valence-electron chi connectivity index (χ0n) is 13.7. The minimum Gasteiger partial charge on any atom is -0.484 e. The number of ketones is 1. The number of allylic oxidation sites excluding steroid dienone is 1. The van der Waals surface area contributed by atoms with E-state index in [1.807, 2.05) is 49.4 Å². The molecule has 0 spiro atoms. The highest BCUT2D eigenvalue weighted by molar-refractivity contribution is 6.32. The van der Waals surface area contributed by atoms with Crippen molar-refractivity contribution >= 4 is 23.5 Å². The number of hydrogen-bond acceptors (Lipinski definition) is 3. The lowest BCUT2D eigenvalue weighted by atomic mass is 10.1. The Hall–Kier alpha value is -2.78. The molecular formula is C21H17ClO3. The molecule has 0 aliphatic carbocycles. The van der Waals surface area contributed by atoms with Gasteiger partial charge in [0, 0.05) is 5.56 Å². The normalized spacial score (nSPS) is 11.0. The van der Waals surface area contributed by atoms with Crippen molar-refractivity contribution in [2.24, 2.45) is 0 Å². The number of carbonyl (C=O) groups excluding carboxylic acids is 1. The molecule has 0 atom stereocenters. The first-order valence-electron chi connectivity index (χ1n) is 7.87. The quantitative estimate of drug-likeness (QED) is 0.421. The SMILES string of the molecule is Cc1ccc(C(=O)/C=C/c2ccc(COc3ccccc3Cl)o2)cc1. The van der Waals surface area contributed by atoms with Gasteiger partial charge < -0.3 is 9.15 Å². The molecular weight excluding hydrogens is 336 g/mol. The Balaban J connectivity index is 1.60. The van der Waals surface area contributed by atoms with Crippen molar-refractivity contribution in [1.82, 2.24) is 0 Å². The molecule has 0 saturated heterocycles. The number of aryl methyl sites for hydroxylation is 1. The highest BCUT2D eigenvalue weighted by Gasteiger charge is 2.05. The summed E-state index contributed by atoms with van der Waals surface area (Å²) >= 11 is 6.04. The third kappa shape index (κ3) is 4.61. The number of ether oxygens (including phenoxy) is 1. The molecule has 3 rings (SSSR count). The summed E-state index contributed by atoms with van der Waals surface area (Å²) in [6.07, 6.45) is 3.16. The van der Waals surface area contributed by atoms with Gasteiger partial charge in [0.05, 0.1) is 5.02 Å². The van der Waals surface area contributed by atoms with Crippen LogP contribution in [0.3, 0.4) is 0 Å². The van der Waals surface area contributed by atoms with E-state index in [2.05, 4.69) is 0 Å². The van der Waals surface area contributed by atoms with E-state index in [1.54, 1.807) is 24.3 Å². The Morgan fingerprint density at radius 2 is 1.84 bits per heavy atom. The molecule has 4 heteroatoms. The standard InChI is InChI=1S/C21H17ClO3/c1-15-6-8-16(9-7-15)20(23)13-12-17-10-11-18(25-17)14-24-21-5-3-2-4-19(21)22/h2-13H,14H2,1H3/b13-12+. The van der Waals surface area contributed by atoms with Crippen LogP contribution in [0.1, 0.15) is 27.4 Å². The van der Waals surface area contributed by atoms with Gasteiger partial charge in [0.15, 0.2) is 5.78 Å². The van der Waals surface area contributed by atoms with E-state index in [9.17, 15) is 4.79 Å². The molecule has 0 aliphatic heterocycles. The second-order valence-corrected chi connectivity index (χ2v) is 5.99. The Morgan fingerprint density at radius 3 is 2.60 bits per heavy atom. The number of para-hydroxylation sites is 1. The molecule has 126 valence electrons. The number of furan rings is 1. The van der Waals surface area contributed by atoms with Gasteiger partial charge in [0.25, 0.3) is 0 Å². The maximum atomic E-state index is 12.1. The fourth-order valence-corrected chi connectivity index (χ4v) is 2.43. The molecule has 1 heterocycles. The van der Waals surface area contributed by atoms with Crippen molar-refractivity contribution in [3.63, 3.8) is 0 Å². The summed E-state index contributed by atoms with van der Waals surface area (Å²) in [5.41, 5.74) is 1.77. The van der Waals surface area contributed by atoms with Crippen LogP contribution in [-0.2, 0) is 6.61 Å². The molecule has 1 aromatic heterocycles. The first kappa shape index (κ1) is 17.1. The summed E-state index contributed by atoms with van der Waals surface area (Å²) in [5.74, 6) is 1.79. The molecule has 0 unspecified atom stereocenters. The zero-order valence-corrected chi connectivity index (χ0v) is 14.5. The largest absolute Gasteiger partial charge is 0.484 e. The zero-order chi connectivity index (χ0) is 17.6. The van der Waals surface area contributed by atoms with Crippen LogP contribution in [0.2, 0.25) is 5.02 Å². The van der Waals surface area contributed by atoms with Crippen LogP contribution in [0.15, 0.2) is 71.2 Å². The van der Waals surface area contributed by atoms with Crippen molar-refractivity contribution in [1.29, 1.82) is 0 Å². The smallest absolute Gasteiger partial charge is 0.185 e. The third-order valence-corrected chi connectivity index (χ3v) is 3.94. The monoisotopic (exact) mass is 352 g/mol. The van der Waals surface area contributed by atoms with E-state index < -0.39 is 0 Å². The summed E-state index contributed by atoms with van der Waals surface area (Å²) in [6.45, 7) is 2.25. The van der Waals surface area contributed by atoms with Gasteiger partial charge in [0.2, 0.25) is 0 Å². The molecule has 0 saturated carbocycles. The number of rotatable bonds is 6. The molecule has 0 amide bonds. The van der Waals surface area contributed by atoms with E-state index in [4.69, 9.17) is 20.8 Å². The molecule has 25 heavy (non-hydrogen) atoms. The lowest BCUT2D eigenvalue weighted by Crippen LogP contribution is -1.94. The number of hydrogen-bond donors (Lipinski definition) is 0. The molecule has 0 bridgehead atoms. The van der Waals surface area contributed by atoms with Crippen molar-refractivity contribution in [2.45, 2.75) is 13.5 Å². The summed E-state index contributed by atoms with van der Waals surface area (Å²) in [5, 5.41) is 0.554. The fourth-order valence-electron chi connectivity index (χ4n) is 2.24. The minimum atomic E-state index is -0.0646. The molecule has 3 aromatic rings. The van der Waals surface area contributed by atoms with Crippen LogP contribution in [0.5, 0.6) is 5.75 Å². The van der Waals surface area contributed by atoms with E-state index in [0.29, 0.717) is 27.9 Å². The minimum absolute atomic E-state index is 0.0646. The second kappa shape index (κ2) is 7.86. The summed E-state index contributed by atoms with van der Waals surface area (Å²) < 4.78 is 11.3. The van der Waals surface area contributed by atoms with Gasteiger partial charge >= 0.3 is 0 Å².